The molecule has 0 nitrogen and oxygen atoms in total. The smallest absolute Gasteiger partial charge is 0.780 e. The van der Waals surface area contributed by atoms with Gasteiger partial charge >= 0.3 is 17.1 Å². The summed E-state index contributed by atoms with van der Waals surface area (Å²) in [4.78, 5) is 0.828. The minimum absolute atomic E-state index is 0. The fourth-order valence-electron chi connectivity index (χ4n) is 0.435. The van der Waals surface area contributed by atoms with Crippen LogP contribution in [-0.4, -0.2) is 0 Å². The number of hydrogen-bond acceptors (Lipinski definition) is 1. The van der Waals surface area contributed by atoms with Crippen molar-refractivity contribution in [2.75, 3.05) is 0 Å². The monoisotopic (exact) mass is 206 g/mol. The van der Waals surface area contributed by atoms with Crippen molar-refractivity contribution in [3.05, 3.63) is 29.3 Å². The molecule has 0 aromatic heterocycles. The van der Waals surface area contributed by atoms with Gasteiger partial charge in [-0.25, -0.2) is 0 Å². The van der Waals surface area contributed by atoms with Crippen LogP contribution < -0.4 is 0 Å². The summed E-state index contributed by atoms with van der Waals surface area (Å²) < 4.78 is 0. The second-order valence-corrected chi connectivity index (χ2v) is 2.36. The van der Waals surface area contributed by atoms with E-state index < -0.39 is 0 Å². The van der Waals surface area contributed by atoms with Gasteiger partial charge in [-0.15, -0.1) is 0 Å². The molecule has 0 aliphatic rings. The molecule has 0 fully saturated rings. The van der Waals surface area contributed by atoms with Gasteiger partial charge in [-0.05, 0) is 12.1 Å². The van der Waals surface area contributed by atoms with Crippen molar-refractivity contribution in [1.29, 1.82) is 0 Å². The van der Waals surface area contributed by atoms with Crippen LogP contribution in [0.5, 0.6) is 0 Å². The molecular formula is C6H4ClCuS. The van der Waals surface area contributed by atoms with Crippen molar-refractivity contribution in [3.63, 3.8) is 0 Å². The number of halogens is 1. The standard InChI is InChI=1S/C6H5ClS.Cu/c7-5-1-3-6(8)4-2-5;/h1-4,8H;/q;+1/p-1. The molecule has 0 heterocycles. The zero-order chi connectivity index (χ0) is 5.98. The summed E-state index contributed by atoms with van der Waals surface area (Å²) in [5.74, 6) is 0. The molecule has 0 bridgehead atoms. The van der Waals surface area contributed by atoms with E-state index in [2.05, 4.69) is 0 Å². The fraction of sp³-hybridized carbons (Fsp3) is 0. The van der Waals surface area contributed by atoms with Crippen LogP contribution >= 0.6 is 11.6 Å². The maximum absolute atomic E-state index is 5.57. The molecule has 1 aromatic rings. The van der Waals surface area contributed by atoms with Crippen LogP contribution in [0.2, 0.25) is 5.02 Å². The van der Waals surface area contributed by atoms with E-state index in [1.807, 2.05) is 0 Å². The Labute approximate surface area is 75.5 Å². The molecule has 3 heteroatoms. The first-order chi connectivity index (χ1) is 3.79. The Bertz CT molecular complexity index is 152. The van der Waals surface area contributed by atoms with Gasteiger partial charge in [-0.2, -0.15) is 4.90 Å². The van der Waals surface area contributed by atoms with Gasteiger partial charge in [0.1, 0.15) is 0 Å². The zero-order valence-corrected chi connectivity index (χ0v) is 6.91. The van der Waals surface area contributed by atoms with E-state index in [0.717, 1.165) is 9.92 Å². The molecule has 9 heavy (non-hydrogen) atoms. The number of benzene rings is 1. The van der Waals surface area contributed by atoms with Crippen molar-refractivity contribution in [2.24, 2.45) is 0 Å². The molecule has 1 rings (SSSR count). The second kappa shape index (κ2) is 4.13. The van der Waals surface area contributed by atoms with Crippen LogP contribution in [0.3, 0.4) is 0 Å². The molecule has 0 amide bonds. The Balaban J connectivity index is 0.000000640. The van der Waals surface area contributed by atoms with Crippen LogP contribution in [-0.2, 0) is 29.7 Å². The average Bonchev–Trinajstić information content (AvgIpc) is 1.77. The predicted octanol–water partition coefficient (Wildman–Crippen LogP) is 2.24. The van der Waals surface area contributed by atoms with Crippen LogP contribution in [0.15, 0.2) is 29.2 Å². The molecule has 0 atom stereocenters. The molecule has 0 aliphatic carbocycles. The van der Waals surface area contributed by atoms with Crippen molar-refractivity contribution < 1.29 is 17.1 Å². The van der Waals surface area contributed by atoms with Crippen molar-refractivity contribution >= 4 is 24.2 Å². The summed E-state index contributed by atoms with van der Waals surface area (Å²) in [5, 5.41) is 0.735. The van der Waals surface area contributed by atoms with Gasteiger partial charge in [-0.1, -0.05) is 23.7 Å². The quantitative estimate of drug-likeness (QED) is 0.464. The topological polar surface area (TPSA) is 0 Å². The van der Waals surface area contributed by atoms with Gasteiger partial charge in [0.2, 0.25) is 0 Å². The summed E-state index contributed by atoms with van der Waals surface area (Å²) in [6.45, 7) is 0. The molecule has 0 spiro atoms. The largest absolute Gasteiger partial charge is 1.00 e. The first-order valence-electron chi connectivity index (χ1n) is 2.21. The molecule has 1 aromatic carbocycles. The van der Waals surface area contributed by atoms with Crippen LogP contribution in [0.25, 0.3) is 0 Å². The molecule has 0 N–H and O–H groups in total. The molecule has 0 radical (unpaired) electrons. The molecular weight excluding hydrogens is 203 g/mol. The first-order valence-corrected chi connectivity index (χ1v) is 3.00. The van der Waals surface area contributed by atoms with E-state index in [-0.39, 0.29) is 17.1 Å². The summed E-state index contributed by atoms with van der Waals surface area (Å²) in [6, 6.07) is 7.17. The number of hydrogen-bond donors (Lipinski definition) is 0. The Morgan fingerprint density at radius 1 is 1.11 bits per heavy atom. The van der Waals surface area contributed by atoms with Crippen LogP contribution in [0.4, 0.5) is 0 Å². The van der Waals surface area contributed by atoms with Crippen LogP contribution in [0, 0.1) is 0 Å². The predicted molar refractivity (Wildman–Crippen MR) is 37.1 cm³/mol. The average molecular weight is 207 g/mol. The normalized spacial score (nSPS) is 8.11. The summed E-state index contributed by atoms with van der Waals surface area (Å²) >= 11 is 10.4. The maximum Gasteiger partial charge on any atom is 1.00 e. The third kappa shape index (κ3) is 3.07. The summed E-state index contributed by atoms with van der Waals surface area (Å²) in [7, 11) is 0. The van der Waals surface area contributed by atoms with E-state index in [9.17, 15) is 0 Å². The van der Waals surface area contributed by atoms with Gasteiger partial charge in [0.25, 0.3) is 0 Å². The van der Waals surface area contributed by atoms with Gasteiger partial charge in [0.15, 0.2) is 0 Å². The second-order valence-electron chi connectivity index (χ2n) is 1.45. The SMILES string of the molecule is [Cu+].[S-]c1ccc(Cl)cc1. The van der Waals surface area contributed by atoms with E-state index in [1.165, 1.54) is 0 Å². The summed E-state index contributed by atoms with van der Waals surface area (Å²) in [5.41, 5.74) is 0. The maximum atomic E-state index is 5.57. The zero-order valence-electron chi connectivity index (χ0n) is 4.40. The van der Waals surface area contributed by atoms with Crippen molar-refractivity contribution in [2.45, 2.75) is 4.90 Å². The van der Waals surface area contributed by atoms with Crippen LogP contribution in [0.1, 0.15) is 0 Å². The third-order valence-corrected chi connectivity index (χ3v) is 1.34. The Kier molecular flexibility index (Phi) is 4.24. The summed E-state index contributed by atoms with van der Waals surface area (Å²) in [6.07, 6.45) is 0. The Hall–Kier alpha value is 0.249. The van der Waals surface area contributed by atoms with E-state index >= 15 is 0 Å². The van der Waals surface area contributed by atoms with Gasteiger partial charge in [-0.3, -0.25) is 0 Å². The Morgan fingerprint density at radius 3 is 1.89 bits per heavy atom. The third-order valence-electron chi connectivity index (χ3n) is 0.814. The van der Waals surface area contributed by atoms with Crippen molar-refractivity contribution in [3.8, 4) is 0 Å². The van der Waals surface area contributed by atoms with Gasteiger partial charge < -0.3 is 12.6 Å². The Morgan fingerprint density at radius 2 is 1.56 bits per heavy atom. The molecule has 0 saturated carbocycles. The van der Waals surface area contributed by atoms with E-state index in [0.29, 0.717) is 0 Å². The molecule has 0 saturated heterocycles. The van der Waals surface area contributed by atoms with Crippen molar-refractivity contribution in [1.82, 2.24) is 0 Å². The van der Waals surface area contributed by atoms with Gasteiger partial charge in [0, 0.05) is 5.02 Å². The van der Waals surface area contributed by atoms with E-state index in [1.54, 1.807) is 24.3 Å². The number of rotatable bonds is 0. The molecule has 0 unspecified atom stereocenters. The van der Waals surface area contributed by atoms with E-state index in [4.69, 9.17) is 24.2 Å². The first kappa shape index (κ1) is 9.25. The molecule has 0 aliphatic heterocycles. The van der Waals surface area contributed by atoms with Gasteiger partial charge in [0.05, 0.1) is 0 Å². The molecule has 52 valence electrons. The minimum Gasteiger partial charge on any atom is -0.780 e. The minimum atomic E-state index is 0. The fourth-order valence-corrected chi connectivity index (χ4v) is 0.697.